The fraction of sp³-hybridized carbons (Fsp3) is 0.923. The normalized spacial score (nSPS) is 24.0. The summed E-state index contributed by atoms with van der Waals surface area (Å²) in [5, 5.41) is 7.22. The van der Waals surface area contributed by atoms with Crippen LogP contribution in [0.15, 0.2) is 4.99 Å². The van der Waals surface area contributed by atoms with Crippen molar-refractivity contribution in [2.75, 3.05) is 53.5 Å². The van der Waals surface area contributed by atoms with Gasteiger partial charge in [-0.15, -0.1) is 0 Å². The van der Waals surface area contributed by atoms with Crippen molar-refractivity contribution in [2.24, 2.45) is 4.99 Å². The summed E-state index contributed by atoms with van der Waals surface area (Å²) < 4.78 is 5.08. The molecule has 0 amide bonds. The molecule has 1 spiro atoms. The number of hydrogen-bond acceptors (Lipinski definition) is 5. The van der Waals surface area contributed by atoms with Crippen LogP contribution >= 0.6 is 0 Å². The van der Waals surface area contributed by atoms with Crippen LogP contribution in [0.2, 0.25) is 0 Å². The molecule has 5 heteroatoms. The van der Waals surface area contributed by atoms with E-state index in [4.69, 9.17) is 9.73 Å². The molecule has 2 N–H and O–H groups in total. The predicted molar refractivity (Wildman–Crippen MR) is 74.3 cm³/mol. The zero-order chi connectivity index (χ0) is 12.8. The molecule has 5 nitrogen and oxygen atoms in total. The molecule has 104 valence electrons. The fourth-order valence-electron chi connectivity index (χ4n) is 2.76. The smallest absolute Gasteiger partial charge is 0.117 e. The summed E-state index contributed by atoms with van der Waals surface area (Å²) in [6.45, 7) is 5.95. The van der Waals surface area contributed by atoms with Gasteiger partial charge in [0.1, 0.15) is 5.84 Å². The number of nitrogens with zero attached hydrogens (tertiary/aromatic N) is 2. The third kappa shape index (κ3) is 3.22. The standard InChI is InChI=1S/C13H26N4O/c1-17-9-4-13(5-10-17)12(15-7-8-16-13)14-6-3-11-18-2/h16H,3-11H2,1-2H3,(H,14,15). The van der Waals surface area contributed by atoms with Crippen LogP contribution in [0.25, 0.3) is 0 Å². The van der Waals surface area contributed by atoms with Gasteiger partial charge < -0.3 is 20.3 Å². The van der Waals surface area contributed by atoms with E-state index < -0.39 is 0 Å². The molecular formula is C13H26N4O. The van der Waals surface area contributed by atoms with E-state index in [0.29, 0.717) is 0 Å². The first kappa shape index (κ1) is 13.8. The minimum atomic E-state index is 0.109. The molecule has 0 saturated carbocycles. The lowest BCUT2D eigenvalue weighted by atomic mass is 9.85. The van der Waals surface area contributed by atoms with Gasteiger partial charge in [0.2, 0.25) is 0 Å². The highest BCUT2D eigenvalue weighted by Crippen LogP contribution is 2.24. The number of hydrogen-bond donors (Lipinski definition) is 2. The summed E-state index contributed by atoms with van der Waals surface area (Å²) in [5.74, 6) is 1.18. The Morgan fingerprint density at radius 1 is 1.44 bits per heavy atom. The molecular weight excluding hydrogens is 228 g/mol. The van der Waals surface area contributed by atoms with E-state index in [9.17, 15) is 0 Å². The number of rotatable bonds is 4. The summed E-state index contributed by atoms with van der Waals surface area (Å²) in [7, 11) is 3.94. The van der Waals surface area contributed by atoms with Gasteiger partial charge in [-0.3, -0.25) is 4.99 Å². The molecule has 0 aromatic carbocycles. The number of ether oxygens (including phenoxy) is 1. The van der Waals surface area contributed by atoms with Gasteiger partial charge in [0.25, 0.3) is 0 Å². The zero-order valence-electron chi connectivity index (χ0n) is 11.7. The van der Waals surface area contributed by atoms with E-state index in [1.807, 2.05) is 0 Å². The van der Waals surface area contributed by atoms with Gasteiger partial charge in [-0.25, -0.2) is 0 Å². The monoisotopic (exact) mass is 254 g/mol. The number of nitrogens with one attached hydrogen (secondary N) is 2. The molecule has 2 aliphatic heterocycles. The van der Waals surface area contributed by atoms with Gasteiger partial charge in [0, 0.05) is 39.9 Å². The van der Waals surface area contributed by atoms with Crippen molar-refractivity contribution in [3.05, 3.63) is 0 Å². The lowest BCUT2D eigenvalue weighted by Gasteiger charge is -2.44. The van der Waals surface area contributed by atoms with Crippen LogP contribution in [-0.4, -0.2) is 69.8 Å². The molecule has 0 aromatic rings. The third-order valence-electron chi connectivity index (χ3n) is 3.96. The Bertz CT molecular complexity index is 285. The van der Waals surface area contributed by atoms with Crippen molar-refractivity contribution in [3.63, 3.8) is 0 Å². The molecule has 1 saturated heterocycles. The first-order valence-corrected chi connectivity index (χ1v) is 6.98. The predicted octanol–water partition coefficient (Wildman–Crippen LogP) is 0.0786. The maximum atomic E-state index is 5.08. The zero-order valence-corrected chi connectivity index (χ0v) is 11.7. The lowest BCUT2D eigenvalue weighted by Crippen LogP contribution is -2.64. The first-order chi connectivity index (χ1) is 8.77. The van der Waals surface area contributed by atoms with Crippen LogP contribution in [0.4, 0.5) is 0 Å². The Morgan fingerprint density at radius 2 is 2.22 bits per heavy atom. The van der Waals surface area contributed by atoms with Gasteiger partial charge in [-0.05, 0) is 26.3 Å². The number of amidine groups is 1. The van der Waals surface area contributed by atoms with Crippen molar-refractivity contribution in [1.82, 2.24) is 15.5 Å². The summed E-state index contributed by atoms with van der Waals surface area (Å²) in [6.07, 6.45) is 3.34. The van der Waals surface area contributed by atoms with Crippen molar-refractivity contribution >= 4 is 5.84 Å². The average Bonchev–Trinajstić information content (AvgIpc) is 2.40. The van der Waals surface area contributed by atoms with Gasteiger partial charge in [-0.1, -0.05) is 0 Å². The van der Waals surface area contributed by atoms with E-state index in [2.05, 4.69) is 22.6 Å². The minimum Gasteiger partial charge on any atom is -0.385 e. The second kappa shape index (κ2) is 6.50. The number of piperidine rings is 1. The summed E-state index contributed by atoms with van der Waals surface area (Å²) in [5.41, 5.74) is 0.109. The van der Waals surface area contributed by atoms with Crippen LogP contribution in [0.5, 0.6) is 0 Å². The summed E-state index contributed by atoms with van der Waals surface area (Å²) in [4.78, 5) is 7.11. The minimum absolute atomic E-state index is 0.109. The largest absolute Gasteiger partial charge is 0.385 e. The Balaban J connectivity index is 1.91. The van der Waals surface area contributed by atoms with Crippen LogP contribution in [0.1, 0.15) is 19.3 Å². The second-order valence-corrected chi connectivity index (χ2v) is 5.32. The number of likely N-dealkylation sites (tertiary alicyclic amines) is 1. The summed E-state index contributed by atoms with van der Waals surface area (Å²) >= 11 is 0. The van der Waals surface area contributed by atoms with Crippen molar-refractivity contribution in [2.45, 2.75) is 24.8 Å². The molecule has 0 unspecified atom stereocenters. The Hall–Kier alpha value is -0.650. The Kier molecular flexibility index (Phi) is 4.97. The summed E-state index contributed by atoms with van der Waals surface area (Å²) in [6, 6.07) is 0. The van der Waals surface area contributed by atoms with Crippen molar-refractivity contribution < 1.29 is 4.74 Å². The molecule has 0 aromatic heterocycles. The maximum absolute atomic E-state index is 5.08. The highest BCUT2D eigenvalue weighted by Gasteiger charge is 2.39. The lowest BCUT2D eigenvalue weighted by molar-refractivity contribution is 0.190. The molecule has 2 heterocycles. The molecule has 0 atom stereocenters. The van der Waals surface area contributed by atoms with E-state index in [1.165, 1.54) is 5.84 Å². The third-order valence-corrected chi connectivity index (χ3v) is 3.96. The first-order valence-electron chi connectivity index (χ1n) is 6.98. The maximum Gasteiger partial charge on any atom is 0.117 e. The highest BCUT2D eigenvalue weighted by atomic mass is 16.5. The van der Waals surface area contributed by atoms with E-state index in [0.717, 1.165) is 58.6 Å². The SMILES string of the molecule is COCCCNC1=NCCNC12CCN(C)CC2. The number of aliphatic imine (C=N–C) groups is 1. The van der Waals surface area contributed by atoms with Crippen molar-refractivity contribution in [3.8, 4) is 0 Å². The molecule has 1 fully saturated rings. The quantitative estimate of drug-likeness (QED) is 0.698. The van der Waals surface area contributed by atoms with Gasteiger partial charge in [0.05, 0.1) is 12.1 Å². The van der Waals surface area contributed by atoms with Gasteiger partial charge in [0.15, 0.2) is 0 Å². The average molecular weight is 254 g/mol. The fourth-order valence-corrected chi connectivity index (χ4v) is 2.76. The van der Waals surface area contributed by atoms with E-state index in [-0.39, 0.29) is 5.54 Å². The van der Waals surface area contributed by atoms with E-state index in [1.54, 1.807) is 7.11 Å². The topological polar surface area (TPSA) is 48.9 Å². The molecule has 2 aliphatic rings. The molecule has 0 bridgehead atoms. The van der Waals surface area contributed by atoms with Crippen LogP contribution in [0.3, 0.4) is 0 Å². The molecule has 0 radical (unpaired) electrons. The van der Waals surface area contributed by atoms with Gasteiger partial charge >= 0.3 is 0 Å². The highest BCUT2D eigenvalue weighted by molar-refractivity contribution is 5.92. The molecule has 18 heavy (non-hydrogen) atoms. The Labute approximate surface area is 110 Å². The van der Waals surface area contributed by atoms with Gasteiger partial charge in [-0.2, -0.15) is 0 Å². The van der Waals surface area contributed by atoms with Crippen molar-refractivity contribution in [1.29, 1.82) is 0 Å². The molecule has 2 rings (SSSR count). The van der Waals surface area contributed by atoms with E-state index >= 15 is 0 Å². The van der Waals surface area contributed by atoms with Crippen LogP contribution in [-0.2, 0) is 4.74 Å². The molecule has 0 aliphatic carbocycles. The second-order valence-electron chi connectivity index (χ2n) is 5.32. The van der Waals surface area contributed by atoms with Crippen LogP contribution in [0, 0.1) is 0 Å². The van der Waals surface area contributed by atoms with Crippen LogP contribution < -0.4 is 10.6 Å². The Morgan fingerprint density at radius 3 is 2.94 bits per heavy atom. The number of methoxy groups -OCH3 is 1.